The van der Waals surface area contributed by atoms with Crippen molar-refractivity contribution in [3.8, 4) is 0 Å². The standard InChI is InChI=1S/C5H9NO3S/c7-2-1-6-5(9)4(8)3-10/h7,10H,1-3H2,(H,6,9). The Bertz CT molecular complexity index is 137. The SMILES string of the molecule is O=C(CS)C(=O)NCCO. The van der Waals surface area contributed by atoms with Crippen molar-refractivity contribution in [1.82, 2.24) is 5.32 Å². The monoisotopic (exact) mass is 163 g/mol. The number of ketones is 1. The molecule has 0 aliphatic heterocycles. The van der Waals surface area contributed by atoms with Gasteiger partial charge in [-0.25, -0.2) is 0 Å². The van der Waals surface area contributed by atoms with E-state index >= 15 is 0 Å². The van der Waals surface area contributed by atoms with Crippen LogP contribution in [0.15, 0.2) is 0 Å². The van der Waals surface area contributed by atoms with E-state index in [9.17, 15) is 9.59 Å². The lowest BCUT2D eigenvalue weighted by Crippen LogP contribution is -2.33. The van der Waals surface area contributed by atoms with Gasteiger partial charge in [-0.1, -0.05) is 0 Å². The zero-order chi connectivity index (χ0) is 7.98. The van der Waals surface area contributed by atoms with Crippen LogP contribution in [0.5, 0.6) is 0 Å². The highest BCUT2D eigenvalue weighted by Gasteiger charge is 2.08. The molecule has 0 spiro atoms. The summed E-state index contributed by atoms with van der Waals surface area (Å²) in [5.41, 5.74) is 0. The van der Waals surface area contributed by atoms with Crippen LogP contribution in [0.4, 0.5) is 0 Å². The zero-order valence-corrected chi connectivity index (χ0v) is 6.23. The summed E-state index contributed by atoms with van der Waals surface area (Å²) in [6.45, 7) is -0.0516. The molecule has 0 saturated heterocycles. The first-order valence-electron chi connectivity index (χ1n) is 2.75. The summed E-state index contributed by atoms with van der Waals surface area (Å²) < 4.78 is 0. The van der Waals surface area contributed by atoms with Crippen LogP contribution in [0.25, 0.3) is 0 Å². The predicted octanol–water partition coefficient (Wildman–Crippen LogP) is -1.41. The lowest BCUT2D eigenvalue weighted by atomic mass is 10.4. The highest BCUT2D eigenvalue weighted by molar-refractivity contribution is 7.81. The first-order valence-corrected chi connectivity index (χ1v) is 3.38. The van der Waals surface area contributed by atoms with Gasteiger partial charge < -0.3 is 10.4 Å². The molecule has 0 fully saturated rings. The number of aliphatic hydroxyl groups is 1. The van der Waals surface area contributed by atoms with E-state index < -0.39 is 11.7 Å². The number of carbonyl (C=O) groups is 2. The topological polar surface area (TPSA) is 66.4 Å². The highest BCUT2D eigenvalue weighted by atomic mass is 32.1. The summed E-state index contributed by atoms with van der Waals surface area (Å²) in [5, 5.41) is 10.4. The average Bonchev–Trinajstić information content (AvgIpc) is 1.98. The van der Waals surface area contributed by atoms with Crippen LogP contribution in [0.3, 0.4) is 0 Å². The van der Waals surface area contributed by atoms with Gasteiger partial charge in [-0.15, -0.1) is 0 Å². The molecular weight excluding hydrogens is 154 g/mol. The second-order valence-electron chi connectivity index (χ2n) is 1.56. The Morgan fingerprint density at radius 3 is 2.50 bits per heavy atom. The maximum Gasteiger partial charge on any atom is 0.288 e. The third-order valence-electron chi connectivity index (χ3n) is 0.794. The number of thiol groups is 1. The molecule has 0 aromatic heterocycles. The van der Waals surface area contributed by atoms with Gasteiger partial charge in [0.15, 0.2) is 0 Å². The van der Waals surface area contributed by atoms with E-state index in [4.69, 9.17) is 5.11 Å². The number of hydrogen-bond donors (Lipinski definition) is 3. The number of hydrogen-bond acceptors (Lipinski definition) is 4. The molecule has 0 aliphatic carbocycles. The van der Waals surface area contributed by atoms with Crippen molar-refractivity contribution >= 4 is 24.3 Å². The lowest BCUT2D eigenvalue weighted by molar-refractivity contribution is -0.136. The minimum absolute atomic E-state index is 0.0999. The zero-order valence-electron chi connectivity index (χ0n) is 5.33. The van der Waals surface area contributed by atoms with Crippen LogP contribution in [0, 0.1) is 0 Å². The van der Waals surface area contributed by atoms with Gasteiger partial charge in [-0.3, -0.25) is 9.59 Å². The fraction of sp³-hybridized carbons (Fsp3) is 0.600. The molecule has 4 nitrogen and oxygen atoms in total. The molecule has 0 aromatic rings. The number of Topliss-reactive ketones (excluding diaryl/α,β-unsaturated/α-hetero) is 1. The Morgan fingerprint density at radius 2 is 2.10 bits per heavy atom. The number of rotatable bonds is 4. The summed E-state index contributed by atoms with van der Waals surface area (Å²) in [4.78, 5) is 21.0. The molecule has 0 radical (unpaired) electrons. The van der Waals surface area contributed by atoms with Crippen LogP contribution in [0.1, 0.15) is 0 Å². The normalized spacial score (nSPS) is 9.00. The quantitative estimate of drug-likeness (QED) is 0.352. The van der Waals surface area contributed by atoms with E-state index in [0.29, 0.717) is 0 Å². The van der Waals surface area contributed by atoms with Gasteiger partial charge in [0, 0.05) is 6.54 Å². The Balaban J connectivity index is 3.52. The molecule has 0 heterocycles. The Kier molecular flexibility index (Phi) is 4.96. The van der Waals surface area contributed by atoms with Crippen molar-refractivity contribution in [2.24, 2.45) is 0 Å². The molecule has 0 unspecified atom stereocenters. The molecule has 5 heteroatoms. The molecule has 10 heavy (non-hydrogen) atoms. The third kappa shape index (κ3) is 3.47. The van der Waals surface area contributed by atoms with E-state index in [2.05, 4.69) is 17.9 Å². The largest absolute Gasteiger partial charge is 0.395 e. The van der Waals surface area contributed by atoms with Gasteiger partial charge in [-0.05, 0) is 0 Å². The highest BCUT2D eigenvalue weighted by Crippen LogP contribution is 1.77. The van der Waals surface area contributed by atoms with Gasteiger partial charge >= 0.3 is 0 Å². The van der Waals surface area contributed by atoms with Crippen LogP contribution >= 0.6 is 12.6 Å². The number of aliphatic hydroxyl groups excluding tert-OH is 1. The lowest BCUT2D eigenvalue weighted by Gasteiger charge is -1.97. The van der Waals surface area contributed by atoms with E-state index in [0.717, 1.165) is 0 Å². The smallest absolute Gasteiger partial charge is 0.288 e. The van der Waals surface area contributed by atoms with Crippen LogP contribution in [-0.4, -0.2) is 35.7 Å². The van der Waals surface area contributed by atoms with E-state index in [1.54, 1.807) is 0 Å². The van der Waals surface area contributed by atoms with E-state index in [1.165, 1.54) is 0 Å². The maximum atomic E-state index is 10.5. The molecule has 1 amide bonds. The summed E-state index contributed by atoms with van der Waals surface area (Å²) >= 11 is 3.60. The number of nitrogens with one attached hydrogen (secondary N) is 1. The van der Waals surface area contributed by atoms with Crippen molar-refractivity contribution in [1.29, 1.82) is 0 Å². The second kappa shape index (κ2) is 5.25. The number of carbonyl (C=O) groups excluding carboxylic acids is 2. The molecular formula is C5H9NO3S. The van der Waals surface area contributed by atoms with Crippen LogP contribution < -0.4 is 5.32 Å². The van der Waals surface area contributed by atoms with Crippen molar-refractivity contribution < 1.29 is 14.7 Å². The molecule has 0 saturated carbocycles. The van der Waals surface area contributed by atoms with Crippen molar-refractivity contribution in [3.63, 3.8) is 0 Å². The maximum absolute atomic E-state index is 10.5. The van der Waals surface area contributed by atoms with Crippen molar-refractivity contribution in [3.05, 3.63) is 0 Å². The molecule has 2 N–H and O–H groups in total. The summed E-state index contributed by atoms with van der Waals surface area (Å²) in [7, 11) is 0. The fourth-order valence-electron chi connectivity index (χ4n) is 0.340. The van der Waals surface area contributed by atoms with Crippen LogP contribution in [-0.2, 0) is 9.59 Å². The summed E-state index contributed by atoms with van der Waals surface area (Å²) in [5.74, 6) is -1.38. The number of amides is 1. The van der Waals surface area contributed by atoms with E-state index in [1.807, 2.05) is 0 Å². The predicted molar refractivity (Wildman–Crippen MR) is 39.0 cm³/mol. The molecule has 0 atom stereocenters. The Morgan fingerprint density at radius 1 is 1.50 bits per heavy atom. The Hall–Kier alpha value is -0.550. The first kappa shape index (κ1) is 9.45. The van der Waals surface area contributed by atoms with Crippen molar-refractivity contribution in [2.45, 2.75) is 0 Å². The summed E-state index contributed by atoms with van der Waals surface area (Å²) in [6, 6.07) is 0. The van der Waals surface area contributed by atoms with Gasteiger partial charge in [0.25, 0.3) is 5.91 Å². The first-order chi connectivity index (χ1) is 4.72. The molecule has 58 valence electrons. The fourth-order valence-corrected chi connectivity index (χ4v) is 0.483. The van der Waals surface area contributed by atoms with Gasteiger partial charge in [0.1, 0.15) is 0 Å². The van der Waals surface area contributed by atoms with Gasteiger partial charge in [-0.2, -0.15) is 12.6 Å². The minimum Gasteiger partial charge on any atom is -0.395 e. The van der Waals surface area contributed by atoms with Gasteiger partial charge in [0.2, 0.25) is 5.78 Å². The van der Waals surface area contributed by atoms with Gasteiger partial charge in [0.05, 0.1) is 12.4 Å². The third-order valence-corrected chi connectivity index (χ3v) is 1.08. The molecule has 0 bridgehead atoms. The molecule has 0 aromatic carbocycles. The molecule has 0 aliphatic rings. The average molecular weight is 163 g/mol. The minimum atomic E-state index is -0.691. The molecule has 0 rings (SSSR count). The second-order valence-corrected chi connectivity index (χ2v) is 1.88. The van der Waals surface area contributed by atoms with Crippen molar-refractivity contribution in [2.75, 3.05) is 18.9 Å². The van der Waals surface area contributed by atoms with Crippen LogP contribution in [0.2, 0.25) is 0 Å². The Labute approximate surface area is 64.0 Å². The van der Waals surface area contributed by atoms with E-state index in [-0.39, 0.29) is 18.9 Å². The summed E-state index contributed by atoms with van der Waals surface area (Å²) in [6.07, 6.45) is 0.